The van der Waals surface area contributed by atoms with Gasteiger partial charge in [0.15, 0.2) is 0 Å². The van der Waals surface area contributed by atoms with Gasteiger partial charge in [0.2, 0.25) is 0 Å². The molecule has 5 heteroatoms. The quantitative estimate of drug-likeness (QED) is 0.188. The Morgan fingerprint density at radius 3 is 1.24 bits per heavy atom. The van der Waals surface area contributed by atoms with Crippen molar-refractivity contribution in [3.8, 4) is 22.3 Å². The highest BCUT2D eigenvalue weighted by atomic mass is 16.3. The Morgan fingerprint density at radius 2 is 0.811 bits per heavy atom. The minimum Gasteiger partial charge on any atom is -0.398 e. The summed E-state index contributed by atoms with van der Waals surface area (Å²) in [5, 5.41) is 3.39. The molecule has 0 heterocycles. The van der Waals surface area contributed by atoms with Crippen LogP contribution < -0.4 is 17.2 Å². The molecule has 0 bridgehead atoms. The molecule has 0 amide bonds. The van der Waals surface area contributed by atoms with Gasteiger partial charge in [-0.1, -0.05) is 0 Å². The van der Waals surface area contributed by atoms with Crippen molar-refractivity contribution in [2.75, 3.05) is 17.2 Å². The Kier molecular flexibility index (Phi) is 7.08. The van der Waals surface area contributed by atoms with Crippen LogP contribution in [0.2, 0.25) is 0 Å². The van der Waals surface area contributed by atoms with Crippen molar-refractivity contribution < 1.29 is 0 Å². The van der Waals surface area contributed by atoms with Gasteiger partial charge in [0, 0.05) is 17.1 Å². The maximum atomic E-state index is 11.8. The molecule has 0 unspecified atom stereocenters. The van der Waals surface area contributed by atoms with Gasteiger partial charge in [0.05, 0.1) is 0 Å². The molecule has 4 aromatic carbocycles. The van der Waals surface area contributed by atoms with Crippen molar-refractivity contribution >= 4 is 22.7 Å². The first-order chi connectivity index (χ1) is 17.5. The first kappa shape index (κ1) is 26.0. The van der Waals surface area contributed by atoms with Crippen molar-refractivity contribution in [1.29, 1.82) is 0 Å². The van der Waals surface area contributed by atoms with Gasteiger partial charge in [-0.05, 0) is 175 Å². The average molecular weight is 493 g/mol. The lowest BCUT2D eigenvalue weighted by molar-refractivity contribution is 0.958. The molecule has 0 fully saturated rings. The predicted octanol–water partition coefficient (Wildman–Crippen LogP) is 7.80. The van der Waals surface area contributed by atoms with Crippen LogP contribution >= 0.6 is 0 Å². The molecule has 0 aromatic heterocycles. The highest BCUT2D eigenvalue weighted by Gasteiger charge is 2.14. The second kappa shape index (κ2) is 10.1. The maximum Gasteiger partial charge on any atom is 0.114 e. The summed E-state index contributed by atoms with van der Waals surface area (Å²) in [7, 11) is 0. The highest BCUT2D eigenvalue weighted by molar-refractivity contribution is 5.75. The number of nitrogens with two attached hydrogens (primary N) is 3. The average Bonchev–Trinajstić information content (AvgIpc) is 2.85. The van der Waals surface area contributed by atoms with E-state index in [2.05, 4.69) is 47.6 Å². The molecule has 0 aliphatic heterocycles. The summed E-state index contributed by atoms with van der Waals surface area (Å²) < 4.78 is 0. The molecule has 0 radical (unpaired) electrons. The zero-order chi connectivity index (χ0) is 27.0. The van der Waals surface area contributed by atoms with E-state index in [4.69, 9.17) is 17.2 Å². The van der Waals surface area contributed by atoms with E-state index >= 15 is 0 Å². The zero-order valence-corrected chi connectivity index (χ0v) is 22.6. The van der Waals surface area contributed by atoms with Gasteiger partial charge in [-0.25, -0.2) is 0 Å². The van der Waals surface area contributed by atoms with Crippen molar-refractivity contribution in [2.24, 2.45) is 5.18 Å². The number of nitrogens with zero attached hydrogens (tertiary/aromatic N) is 1. The Morgan fingerprint density at radius 1 is 0.486 bits per heavy atom. The molecule has 6 N–H and O–H groups in total. The van der Waals surface area contributed by atoms with E-state index in [-0.39, 0.29) is 0 Å². The van der Waals surface area contributed by atoms with Crippen LogP contribution in [-0.4, -0.2) is 0 Å². The van der Waals surface area contributed by atoms with Gasteiger partial charge < -0.3 is 17.2 Å². The number of anilines is 3. The molecule has 0 aliphatic rings. The van der Waals surface area contributed by atoms with Crippen molar-refractivity contribution in [3.05, 3.63) is 97.9 Å². The number of hydrogen-bond acceptors (Lipinski definition) is 5. The largest absolute Gasteiger partial charge is 0.398 e. The van der Waals surface area contributed by atoms with Crippen LogP contribution in [0.1, 0.15) is 44.5 Å². The molecular weight excluding hydrogens is 456 g/mol. The molecule has 5 nitrogen and oxygen atoms in total. The number of nitroso groups, excluding NO2 is 1. The monoisotopic (exact) mass is 492 g/mol. The van der Waals surface area contributed by atoms with Gasteiger partial charge in [0.1, 0.15) is 5.69 Å². The summed E-state index contributed by atoms with van der Waals surface area (Å²) in [5.41, 5.74) is 34.3. The summed E-state index contributed by atoms with van der Waals surface area (Å²) in [4.78, 5) is 11.8. The number of rotatable bonds is 6. The summed E-state index contributed by atoms with van der Waals surface area (Å²) >= 11 is 0. The van der Waals surface area contributed by atoms with E-state index in [0.29, 0.717) is 18.5 Å². The molecule has 37 heavy (non-hydrogen) atoms. The van der Waals surface area contributed by atoms with Crippen molar-refractivity contribution in [3.63, 3.8) is 0 Å². The second-order valence-corrected chi connectivity index (χ2v) is 10.3. The van der Waals surface area contributed by atoms with Crippen LogP contribution in [0, 0.1) is 46.4 Å². The third-order valence-corrected chi connectivity index (χ3v) is 7.46. The van der Waals surface area contributed by atoms with E-state index in [1.54, 1.807) is 0 Å². The van der Waals surface area contributed by atoms with E-state index in [1.807, 2.05) is 47.6 Å². The summed E-state index contributed by atoms with van der Waals surface area (Å²) in [5.74, 6) is 0. The highest BCUT2D eigenvalue weighted by Crippen LogP contribution is 2.35. The Balaban J connectivity index is 1.72. The van der Waals surface area contributed by atoms with Crippen LogP contribution in [0.15, 0.2) is 53.7 Å². The molecule has 190 valence electrons. The van der Waals surface area contributed by atoms with Crippen molar-refractivity contribution in [2.45, 2.75) is 54.4 Å². The lowest BCUT2D eigenvalue weighted by atomic mass is 9.91. The fraction of sp³-hybridized carbons (Fsp3) is 0.250. The van der Waals surface area contributed by atoms with Crippen LogP contribution in [0.3, 0.4) is 0 Å². The van der Waals surface area contributed by atoms with Gasteiger partial charge in [0.25, 0.3) is 0 Å². The standard InChI is InChI=1S/C32H36N4O/c1-17-9-25(10-18(2)29(17)33)27-13-21(5)31(35)23(15-27)7-8-24-16-28(14-22(6)32(24)36-37)26-11-19(3)30(34)20(4)12-26/h9-16H,7-8,33-35H2,1-6H3. The molecule has 0 atom stereocenters. The molecule has 0 saturated heterocycles. The Hall–Kier alpha value is -4.12. The van der Waals surface area contributed by atoms with Crippen molar-refractivity contribution in [1.82, 2.24) is 0 Å². The lowest BCUT2D eigenvalue weighted by Crippen LogP contribution is -2.02. The zero-order valence-electron chi connectivity index (χ0n) is 22.6. The first-order valence-corrected chi connectivity index (χ1v) is 12.6. The third kappa shape index (κ3) is 5.08. The van der Waals surface area contributed by atoms with E-state index in [1.165, 1.54) is 0 Å². The van der Waals surface area contributed by atoms with Crippen LogP contribution in [-0.2, 0) is 12.8 Å². The number of benzene rings is 4. The van der Waals surface area contributed by atoms with Crippen LogP contribution in [0.25, 0.3) is 22.3 Å². The smallest absolute Gasteiger partial charge is 0.114 e. The van der Waals surface area contributed by atoms with E-state index < -0.39 is 0 Å². The second-order valence-electron chi connectivity index (χ2n) is 10.3. The molecule has 0 spiro atoms. The summed E-state index contributed by atoms with van der Waals surface area (Å²) in [6, 6.07) is 16.8. The minimum atomic E-state index is 0.504. The van der Waals surface area contributed by atoms with Gasteiger partial charge >= 0.3 is 0 Å². The maximum absolute atomic E-state index is 11.8. The SMILES string of the molecule is Cc1cc(-c2cc(C)c(N)c(CCc3cc(-c4cc(C)c(N)c(C)c4)cc(C)c3N=O)c2)cc(C)c1N. The molecular formula is C32H36N4O. The lowest BCUT2D eigenvalue weighted by Gasteiger charge is -2.16. The minimum absolute atomic E-state index is 0.504. The molecule has 4 aromatic rings. The topological polar surface area (TPSA) is 107 Å². The molecule has 4 rings (SSSR count). The number of hydrogen-bond donors (Lipinski definition) is 3. The summed E-state index contributed by atoms with van der Waals surface area (Å²) in [6.07, 6.45) is 1.34. The normalized spacial score (nSPS) is 11.1. The van der Waals surface area contributed by atoms with Gasteiger partial charge in [-0.2, -0.15) is 0 Å². The van der Waals surface area contributed by atoms with Crippen LogP contribution in [0.4, 0.5) is 22.7 Å². The van der Waals surface area contributed by atoms with Gasteiger partial charge in [-0.3, -0.25) is 0 Å². The Labute approximate surface area is 219 Å². The third-order valence-electron chi connectivity index (χ3n) is 7.46. The van der Waals surface area contributed by atoms with Crippen LogP contribution in [0.5, 0.6) is 0 Å². The predicted molar refractivity (Wildman–Crippen MR) is 158 cm³/mol. The number of aryl methyl sites for hydroxylation is 8. The van der Waals surface area contributed by atoms with E-state index in [0.717, 1.165) is 83.8 Å². The number of nitrogen functional groups attached to an aromatic ring is 3. The molecule has 0 aliphatic carbocycles. The Bertz CT molecular complexity index is 1490. The fourth-order valence-electron chi connectivity index (χ4n) is 5.14. The summed E-state index contributed by atoms with van der Waals surface area (Å²) in [6.45, 7) is 12.1. The van der Waals surface area contributed by atoms with E-state index in [9.17, 15) is 4.91 Å². The first-order valence-electron chi connectivity index (χ1n) is 12.6. The molecule has 0 saturated carbocycles. The van der Waals surface area contributed by atoms with Gasteiger partial charge in [-0.15, -0.1) is 4.91 Å². The fourth-order valence-corrected chi connectivity index (χ4v) is 5.14.